The summed E-state index contributed by atoms with van der Waals surface area (Å²) in [6.45, 7) is 2.36. The summed E-state index contributed by atoms with van der Waals surface area (Å²) in [6.07, 6.45) is 0. The molecule has 0 unspecified atom stereocenters. The Kier molecular flexibility index (Phi) is 8.09. The van der Waals surface area contributed by atoms with Gasteiger partial charge in [-0.2, -0.15) is 0 Å². The van der Waals surface area contributed by atoms with Gasteiger partial charge < -0.3 is 20.9 Å². The van der Waals surface area contributed by atoms with E-state index in [1.54, 1.807) is 0 Å². The van der Waals surface area contributed by atoms with E-state index in [-0.39, 0.29) is 11.5 Å². The number of methoxy groups -OCH3 is 2. The van der Waals surface area contributed by atoms with Crippen LogP contribution in [0.5, 0.6) is 0 Å². The van der Waals surface area contributed by atoms with Crippen LogP contribution in [0.3, 0.4) is 0 Å². The van der Waals surface area contributed by atoms with Crippen LogP contribution in [0.25, 0.3) is 0 Å². The van der Waals surface area contributed by atoms with Gasteiger partial charge in [0, 0.05) is 11.5 Å². The van der Waals surface area contributed by atoms with E-state index in [1.807, 2.05) is 0 Å². The highest BCUT2D eigenvalue weighted by Gasteiger charge is 2.43. The van der Waals surface area contributed by atoms with Crippen molar-refractivity contribution in [2.75, 3.05) is 25.7 Å². The molecule has 0 saturated carbocycles. The summed E-state index contributed by atoms with van der Waals surface area (Å²) in [4.78, 5) is 46.2. The molecular formula is C12H20N2O6S2. The molecule has 0 radical (unpaired) electrons. The molecule has 2 atom stereocenters. The number of ether oxygens (including phenoxy) is 2. The fourth-order valence-corrected chi connectivity index (χ4v) is 4.04. The number of nitrogens with two attached hydrogens (primary N) is 2. The SMILES string of the molecule is COC(=O)[C@@](N)(CSSC[C@@](N)(C(C)=O)C(=O)OC)C(C)=O. The second kappa shape index (κ2) is 8.51. The lowest BCUT2D eigenvalue weighted by atomic mass is 9.99. The predicted molar refractivity (Wildman–Crippen MR) is 84.1 cm³/mol. The first-order chi connectivity index (χ1) is 10.1. The number of carbonyl (C=O) groups is 4. The minimum atomic E-state index is -1.79. The number of esters is 2. The first kappa shape index (κ1) is 20.9. The summed E-state index contributed by atoms with van der Waals surface area (Å²) >= 11 is 0. The lowest BCUT2D eigenvalue weighted by Gasteiger charge is -2.25. The van der Waals surface area contributed by atoms with Crippen LogP contribution in [0, 0.1) is 0 Å². The third-order valence-corrected chi connectivity index (χ3v) is 5.53. The van der Waals surface area contributed by atoms with Crippen LogP contribution in [0.2, 0.25) is 0 Å². The maximum Gasteiger partial charge on any atom is 0.334 e. The molecule has 4 N–H and O–H groups in total. The molecule has 0 rings (SSSR count). The van der Waals surface area contributed by atoms with Gasteiger partial charge in [0.25, 0.3) is 0 Å². The van der Waals surface area contributed by atoms with Crippen LogP contribution in [0.4, 0.5) is 0 Å². The van der Waals surface area contributed by atoms with Gasteiger partial charge in [-0.05, 0) is 13.8 Å². The summed E-state index contributed by atoms with van der Waals surface area (Å²) in [6, 6.07) is 0. The van der Waals surface area contributed by atoms with Crippen molar-refractivity contribution in [2.24, 2.45) is 11.5 Å². The Morgan fingerprint density at radius 2 is 1.09 bits per heavy atom. The van der Waals surface area contributed by atoms with Crippen LogP contribution >= 0.6 is 21.6 Å². The molecule has 8 nitrogen and oxygen atoms in total. The van der Waals surface area contributed by atoms with E-state index in [9.17, 15) is 19.2 Å². The Morgan fingerprint density at radius 1 is 0.818 bits per heavy atom. The van der Waals surface area contributed by atoms with Gasteiger partial charge in [-0.1, -0.05) is 21.6 Å². The van der Waals surface area contributed by atoms with E-state index in [0.717, 1.165) is 35.8 Å². The second-order valence-corrected chi connectivity index (χ2v) is 7.03. The number of Topliss-reactive ketones (excluding diaryl/α,β-unsaturated/α-hetero) is 2. The molecule has 22 heavy (non-hydrogen) atoms. The van der Waals surface area contributed by atoms with Crippen molar-refractivity contribution in [3.8, 4) is 0 Å². The molecule has 10 heteroatoms. The Labute approximate surface area is 136 Å². The quantitative estimate of drug-likeness (QED) is 0.237. The van der Waals surface area contributed by atoms with E-state index in [2.05, 4.69) is 9.47 Å². The van der Waals surface area contributed by atoms with Crippen molar-refractivity contribution >= 4 is 45.1 Å². The summed E-state index contributed by atoms with van der Waals surface area (Å²) in [5.74, 6) is -2.99. The van der Waals surface area contributed by atoms with Gasteiger partial charge in [-0.3, -0.25) is 9.59 Å². The number of ketones is 2. The molecule has 0 aromatic heterocycles. The minimum Gasteiger partial charge on any atom is -0.467 e. The van der Waals surface area contributed by atoms with Crippen LogP contribution in [-0.2, 0) is 28.7 Å². The Hall–Kier alpha value is -1.10. The Balaban J connectivity index is 4.76. The Bertz CT molecular complexity index is 431. The largest absolute Gasteiger partial charge is 0.467 e. The first-order valence-electron chi connectivity index (χ1n) is 6.07. The zero-order chi connectivity index (χ0) is 17.6. The van der Waals surface area contributed by atoms with E-state index >= 15 is 0 Å². The summed E-state index contributed by atoms with van der Waals surface area (Å²) in [7, 11) is 4.32. The highest BCUT2D eigenvalue weighted by Crippen LogP contribution is 2.29. The molecular weight excluding hydrogens is 332 g/mol. The van der Waals surface area contributed by atoms with E-state index < -0.39 is 34.6 Å². The number of hydrogen-bond acceptors (Lipinski definition) is 10. The van der Waals surface area contributed by atoms with Crippen molar-refractivity contribution in [3.63, 3.8) is 0 Å². The zero-order valence-electron chi connectivity index (χ0n) is 12.8. The van der Waals surface area contributed by atoms with Crippen molar-refractivity contribution in [2.45, 2.75) is 24.9 Å². The monoisotopic (exact) mass is 352 g/mol. The van der Waals surface area contributed by atoms with Crippen molar-refractivity contribution in [1.82, 2.24) is 0 Å². The van der Waals surface area contributed by atoms with Gasteiger partial charge in [0.05, 0.1) is 14.2 Å². The Morgan fingerprint density at radius 3 is 1.27 bits per heavy atom. The minimum absolute atomic E-state index is 0.0885. The van der Waals surface area contributed by atoms with Gasteiger partial charge >= 0.3 is 11.9 Å². The summed E-state index contributed by atoms with van der Waals surface area (Å²) in [5, 5.41) is 0. The highest BCUT2D eigenvalue weighted by molar-refractivity contribution is 8.76. The molecule has 0 aliphatic heterocycles. The molecule has 0 spiro atoms. The van der Waals surface area contributed by atoms with Gasteiger partial charge in [0.1, 0.15) is 0 Å². The van der Waals surface area contributed by atoms with E-state index in [0.29, 0.717) is 0 Å². The van der Waals surface area contributed by atoms with E-state index in [1.165, 1.54) is 13.8 Å². The fourth-order valence-electron chi connectivity index (χ4n) is 1.24. The van der Waals surface area contributed by atoms with Crippen LogP contribution in [0.15, 0.2) is 0 Å². The van der Waals surface area contributed by atoms with Crippen LogP contribution in [0.1, 0.15) is 13.8 Å². The third kappa shape index (κ3) is 4.70. The topological polar surface area (TPSA) is 139 Å². The van der Waals surface area contributed by atoms with Gasteiger partial charge in [0.15, 0.2) is 22.6 Å². The lowest BCUT2D eigenvalue weighted by molar-refractivity contribution is -0.151. The first-order valence-corrected chi connectivity index (χ1v) is 8.56. The maximum absolute atomic E-state index is 11.6. The van der Waals surface area contributed by atoms with Crippen LogP contribution < -0.4 is 11.5 Å². The smallest absolute Gasteiger partial charge is 0.334 e. The molecule has 0 aromatic carbocycles. The average Bonchev–Trinajstić information content (AvgIpc) is 2.48. The molecule has 0 aliphatic rings. The molecule has 0 bridgehead atoms. The third-order valence-electron chi connectivity index (χ3n) is 3.01. The van der Waals surface area contributed by atoms with Gasteiger partial charge in [0.2, 0.25) is 0 Å². The summed E-state index contributed by atoms with van der Waals surface area (Å²) in [5.41, 5.74) is 7.91. The van der Waals surface area contributed by atoms with Crippen molar-refractivity contribution in [1.29, 1.82) is 0 Å². The second-order valence-electron chi connectivity index (χ2n) is 4.56. The average molecular weight is 352 g/mol. The fraction of sp³-hybridized carbons (Fsp3) is 0.667. The molecule has 0 aliphatic carbocycles. The summed E-state index contributed by atoms with van der Waals surface area (Å²) < 4.78 is 9.02. The van der Waals surface area contributed by atoms with Crippen molar-refractivity contribution < 1.29 is 28.7 Å². The molecule has 0 aromatic rings. The van der Waals surface area contributed by atoms with Gasteiger partial charge in [-0.15, -0.1) is 0 Å². The molecule has 0 heterocycles. The number of hydrogen-bond donors (Lipinski definition) is 2. The van der Waals surface area contributed by atoms with Crippen molar-refractivity contribution in [3.05, 3.63) is 0 Å². The highest BCUT2D eigenvalue weighted by atomic mass is 33.1. The predicted octanol–water partition coefficient (Wildman–Crippen LogP) is -0.713. The lowest BCUT2D eigenvalue weighted by Crippen LogP contribution is -2.57. The molecule has 126 valence electrons. The number of rotatable bonds is 9. The molecule has 0 saturated heterocycles. The van der Waals surface area contributed by atoms with Crippen LogP contribution in [-0.4, -0.2) is 60.3 Å². The van der Waals surface area contributed by atoms with E-state index in [4.69, 9.17) is 11.5 Å². The normalized spacial score (nSPS) is 16.1. The zero-order valence-corrected chi connectivity index (χ0v) is 14.5. The standard InChI is InChI=1S/C12H20N2O6S2/c1-7(15)11(13,9(17)19-3)5-21-22-6-12(14,8(2)16)10(18)20-4/h5-6,13-14H2,1-4H3/t11-,12-/m1/s1. The molecule has 0 amide bonds. The maximum atomic E-state index is 11.6. The van der Waals surface area contributed by atoms with Gasteiger partial charge in [-0.25, -0.2) is 9.59 Å². The molecule has 0 fully saturated rings. The number of carbonyl (C=O) groups excluding carboxylic acids is 4.